The maximum Gasteiger partial charge on any atom is 0.0108 e. The van der Waals surface area contributed by atoms with Crippen molar-refractivity contribution in [2.45, 2.75) is 6.42 Å². The molecule has 86 valence electrons. The van der Waals surface area contributed by atoms with Gasteiger partial charge in [-0.25, -0.2) is 0 Å². The lowest BCUT2D eigenvalue weighted by Crippen LogP contribution is -2.38. The quantitative estimate of drug-likeness (QED) is 0.313. The highest BCUT2D eigenvalue weighted by molar-refractivity contribution is 4.60. The number of hydrogen-bond donors (Lipinski definition) is 4. The molecule has 0 fully saturated rings. The number of nitrogens with two attached hydrogens (primary N) is 3. The van der Waals surface area contributed by atoms with Gasteiger partial charge in [-0.15, -0.1) is 0 Å². The first-order valence-electron chi connectivity index (χ1n) is 5.38. The maximum absolute atomic E-state index is 5.49. The number of nitrogens with zero attached hydrogens (tertiary/aromatic N) is 1. The van der Waals surface area contributed by atoms with Gasteiger partial charge in [0, 0.05) is 39.3 Å². The van der Waals surface area contributed by atoms with Gasteiger partial charge in [0.25, 0.3) is 0 Å². The summed E-state index contributed by atoms with van der Waals surface area (Å²) in [5, 5.41) is 3.33. The van der Waals surface area contributed by atoms with Crippen molar-refractivity contribution in [2.24, 2.45) is 17.2 Å². The molecule has 0 aromatic rings. The molecule has 0 atom stereocenters. The Labute approximate surface area is 87.0 Å². The van der Waals surface area contributed by atoms with Crippen molar-refractivity contribution in [2.75, 3.05) is 52.4 Å². The smallest absolute Gasteiger partial charge is 0.0108 e. The van der Waals surface area contributed by atoms with Gasteiger partial charge < -0.3 is 22.5 Å². The molecular weight excluding hydrogens is 178 g/mol. The van der Waals surface area contributed by atoms with E-state index in [4.69, 9.17) is 17.2 Å². The van der Waals surface area contributed by atoms with Crippen molar-refractivity contribution < 1.29 is 0 Å². The van der Waals surface area contributed by atoms with Gasteiger partial charge in [-0.1, -0.05) is 0 Å². The molecule has 0 heterocycles. The summed E-state index contributed by atoms with van der Waals surface area (Å²) in [7, 11) is 0. The van der Waals surface area contributed by atoms with Crippen LogP contribution in [0.2, 0.25) is 0 Å². The summed E-state index contributed by atoms with van der Waals surface area (Å²) >= 11 is 0. The van der Waals surface area contributed by atoms with Gasteiger partial charge in [-0.3, -0.25) is 4.90 Å². The molecule has 0 spiro atoms. The van der Waals surface area contributed by atoms with Gasteiger partial charge in [-0.2, -0.15) is 0 Å². The second-order valence-electron chi connectivity index (χ2n) is 3.31. The minimum absolute atomic E-state index is 0.697. The van der Waals surface area contributed by atoms with Crippen LogP contribution in [-0.4, -0.2) is 57.3 Å². The monoisotopic (exact) mass is 203 g/mol. The van der Waals surface area contributed by atoms with E-state index in [2.05, 4.69) is 10.2 Å². The molecule has 0 aromatic carbocycles. The Morgan fingerprint density at radius 1 is 0.786 bits per heavy atom. The van der Waals surface area contributed by atoms with Crippen molar-refractivity contribution in [3.8, 4) is 0 Å². The third-order valence-electron chi connectivity index (χ3n) is 2.05. The highest BCUT2D eigenvalue weighted by atomic mass is 15.1. The zero-order chi connectivity index (χ0) is 10.6. The Hall–Kier alpha value is -0.200. The summed E-state index contributed by atoms with van der Waals surface area (Å²) in [6.45, 7) is 6.99. The summed E-state index contributed by atoms with van der Waals surface area (Å²) < 4.78 is 0. The first-order chi connectivity index (χ1) is 6.85. The minimum Gasteiger partial charge on any atom is -0.330 e. The molecule has 5 heteroatoms. The lowest BCUT2D eigenvalue weighted by Gasteiger charge is -2.20. The molecule has 0 aliphatic carbocycles. The summed E-state index contributed by atoms with van der Waals surface area (Å²) in [6.07, 6.45) is 1.04. The summed E-state index contributed by atoms with van der Waals surface area (Å²) in [5.74, 6) is 0. The molecule has 0 bridgehead atoms. The normalized spacial score (nSPS) is 11.1. The molecule has 0 saturated carbocycles. The Morgan fingerprint density at radius 2 is 1.43 bits per heavy atom. The van der Waals surface area contributed by atoms with Crippen LogP contribution in [0, 0.1) is 0 Å². The fourth-order valence-electron chi connectivity index (χ4n) is 1.29. The molecular formula is C9H25N5. The molecule has 0 unspecified atom stereocenters. The van der Waals surface area contributed by atoms with Crippen LogP contribution in [0.15, 0.2) is 0 Å². The summed E-state index contributed by atoms with van der Waals surface area (Å²) in [5.41, 5.74) is 16.4. The lowest BCUT2D eigenvalue weighted by atomic mass is 10.4. The lowest BCUT2D eigenvalue weighted by molar-refractivity contribution is 0.288. The molecule has 0 rings (SSSR count). The Balaban J connectivity index is 3.30. The van der Waals surface area contributed by atoms with Crippen LogP contribution < -0.4 is 22.5 Å². The van der Waals surface area contributed by atoms with E-state index in [0.29, 0.717) is 13.1 Å². The first kappa shape index (κ1) is 13.8. The van der Waals surface area contributed by atoms with Crippen LogP contribution in [-0.2, 0) is 0 Å². The van der Waals surface area contributed by atoms with Crippen molar-refractivity contribution in [1.82, 2.24) is 10.2 Å². The van der Waals surface area contributed by atoms with Gasteiger partial charge in [0.2, 0.25) is 0 Å². The standard InChI is InChI=1S/C9H25N5/c10-2-1-5-13-6-9-14(7-3-11)8-4-12/h13H,1-12H2. The van der Waals surface area contributed by atoms with Crippen molar-refractivity contribution in [1.29, 1.82) is 0 Å². The van der Waals surface area contributed by atoms with Crippen LogP contribution in [0.4, 0.5) is 0 Å². The number of nitrogens with one attached hydrogen (secondary N) is 1. The third-order valence-corrected chi connectivity index (χ3v) is 2.05. The third kappa shape index (κ3) is 8.40. The molecule has 5 nitrogen and oxygen atoms in total. The molecule has 0 radical (unpaired) electrons. The highest BCUT2D eigenvalue weighted by Crippen LogP contribution is 1.83. The second-order valence-corrected chi connectivity index (χ2v) is 3.31. The molecule has 0 aromatic heterocycles. The SMILES string of the molecule is NCCCNCCN(CCN)CCN. The molecule has 0 aliphatic heterocycles. The fraction of sp³-hybridized carbons (Fsp3) is 1.00. The van der Waals surface area contributed by atoms with Crippen molar-refractivity contribution in [3.05, 3.63) is 0 Å². The Morgan fingerprint density at radius 3 is 1.93 bits per heavy atom. The van der Waals surface area contributed by atoms with E-state index in [1.807, 2.05) is 0 Å². The minimum atomic E-state index is 0.697. The van der Waals surface area contributed by atoms with E-state index in [-0.39, 0.29) is 0 Å². The fourth-order valence-corrected chi connectivity index (χ4v) is 1.29. The Bertz CT molecular complexity index is 103. The summed E-state index contributed by atoms with van der Waals surface area (Å²) in [4.78, 5) is 2.27. The number of hydrogen-bond acceptors (Lipinski definition) is 5. The summed E-state index contributed by atoms with van der Waals surface area (Å²) in [6, 6.07) is 0. The Kier molecular flexibility index (Phi) is 10.7. The van der Waals surface area contributed by atoms with Gasteiger partial charge >= 0.3 is 0 Å². The van der Waals surface area contributed by atoms with E-state index >= 15 is 0 Å². The molecule has 0 saturated heterocycles. The van der Waals surface area contributed by atoms with Crippen LogP contribution in [0.1, 0.15) is 6.42 Å². The first-order valence-corrected chi connectivity index (χ1v) is 5.38. The zero-order valence-electron chi connectivity index (χ0n) is 9.04. The predicted molar refractivity (Wildman–Crippen MR) is 61.1 cm³/mol. The van der Waals surface area contributed by atoms with Crippen LogP contribution in [0.3, 0.4) is 0 Å². The van der Waals surface area contributed by atoms with E-state index in [9.17, 15) is 0 Å². The van der Waals surface area contributed by atoms with Gasteiger partial charge in [-0.05, 0) is 19.5 Å². The molecule has 0 aliphatic rings. The topological polar surface area (TPSA) is 93.3 Å². The van der Waals surface area contributed by atoms with E-state index in [1.165, 1.54) is 0 Å². The van der Waals surface area contributed by atoms with Crippen LogP contribution in [0.5, 0.6) is 0 Å². The average Bonchev–Trinajstić information content (AvgIpc) is 2.18. The average molecular weight is 203 g/mol. The molecule has 14 heavy (non-hydrogen) atoms. The predicted octanol–water partition coefficient (Wildman–Crippen LogP) is -1.86. The van der Waals surface area contributed by atoms with Crippen LogP contribution in [0.25, 0.3) is 0 Å². The van der Waals surface area contributed by atoms with Gasteiger partial charge in [0.15, 0.2) is 0 Å². The second kappa shape index (κ2) is 10.9. The molecule has 7 N–H and O–H groups in total. The van der Waals surface area contributed by atoms with E-state index in [0.717, 1.165) is 45.7 Å². The zero-order valence-corrected chi connectivity index (χ0v) is 9.04. The van der Waals surface area contributed by atoms with E-state index < -0.39 is 0 Å². The van der Waals surface area contributed by atoms with Crippen LogP contribution >= 0.6 is 0 Å². The van der Waals surface area contributed by atoms with Crippen molar-refractivity contribution in [3.63, 3.8) is 0 Å². The largest absolute Gasteiger partial charge is 0.330 e. The van der Waals surface area contributed by atoms with Crippen molar-refractivity contribution >= 4 is 0 Å². The van der Waals surface area contributed by atoms with Gasteiger partial charge in [0.05, 0.1) is 0 Å². The van der Waals surface area contributed by atoms with E-state index in [1.54, 1.807) is 0 Å². The molecule has 0 amide bonds. The number of rotatable bonds is 10. The highest BCUT2D eigenvalue weighted by Gasteiger charge is 2.00. The maximum atomic E-state index is 5.49. The van der Waals surface area contributed by atoms with Gasteiger partial charge in [0.1, 0.15) is 0 Å².